The number of hydrogen-bond donors (Lipinski definition) is 1. The summed E-state index contributed by atoms with van der Waals surface area (Å²) in [5.41, 5.74) is 0.362. The minimum absolute atomic E-state index is 0.0251. The van der Waals surface area contributed by atoms with Gasteiger partial charge in [-0.2, -0.15) is 0 Å². The lowest BCUT2D eigenvalue weighted by Crippen LogP contribution is -2.32. The Morgan fingerprint density at radius 3 is 2.50 bits per heavy atom. The summed E-state index contributed by atoms with van der Waals surface area (Å²) in [5.74, 6) is -0.227. The summed E-state index contributed by atoms with van der Waals surface area (Å²) in [5, 5.41) is 3.24. The Morgan fingerprint density at radius 2 is 2.00 bits per heavy atom. The first-order valence-electron chi connectivity index (χ1n) is 6.39. The zero-order valence-electron chi connectivity index (χ0n) is 11.5. The molecular formula is C12H18ClN3O3S. The topological polar surface area (TPSA) is 71.4 Å². The van der Waals surface area contributed by atoms with Crippen LogP contribution >= 0.6 is 10.7 Å². The fourth-order valence-electron chi connectivity index (χ4n) is 2.37. The Kier molecular flexibility index (Phi) is 4.41. The van der Waals surface area contributed by atoms with E-state index in [1.165, 1.54) is 17.2 Å². The molecule has 8 heteroatoms. The number of nitrogens with zero attached hydrogens (tertiary/aromatic N) is 2. The largest absolute Gasteiger partial charge is 0.343 e. The maximum absolute atomic E-state index is 12.2. The Labute approximate surface area is 123 Å². The fraction of sp³-hybridized carbons (Fsp3) is 0.583. The number of hydrogen-bond acceptors (Lipinski definition) is 4. The first kappa shape index (κ1) is 15.3. The number of rotatable bonds is 3. The van der Waals surface area contributed by atoms with Crippen LogP contribution < -0.4 is 5.32 Å². The molecule has 0 aromatic carbocycles. The molecule has 0 radical (unpaired) electrons. The van der Waals surface area contributed by atoms with Crippen molar-refractivity contribution in [1.29, 1.82) is 0 Å². The van der Waals surface area contributed by atoms with E-state index in [9.17, 15) is 13.2 Å². The summed E-state index contributed by atoms with van der Waals surface area (Å²) in [7, 11) is 4.82. The Hall–Kier alpha value is -1.05. The Morgan fingerprint density at radius 1 is 1.40 bits per heavy atom. The monoisotopic (exact) mass is 319 g/mol. The van der Waals surface area contributed by atoms with E-state index in [1.54, 1.807) is 18.7 Å². The van der Waals surface area contributed by atoms with Crippen molar-refractivity contribution in [2.45, 2.75) is 23.8 Å². The molecule has 0 unspecified atom stereocenters. The highest BCUT2D eigenvalue weighted by molar-refractivity contribution is 8.13. The van der Waals surface area contributed by atoms with Gasteiger partial charge in [0.1, 0.15) is 10.6 Å². The molecule has 1 amide bonds. The Bertz CT molecular complexity index is 603. The minimum atomic E-state index is -3.84. The maximum Gasteiger partial charge on any atom is 0.270 e. The molecule has 0 atom stereocenters. The van der Waals surface area contributed by atoms with Crippen molar-refractivity contribution in [3.05, 3.63) is 18.0 Å². The van der Waals surface area contributed by atoms with Crippen LogP contribution in [0.25, 0.3) is 0 Å². The summed E-state index contributed by atoms with van der Waals surface area (Å²) in [4.78, 5) is 13.6. The van der Waals surface area contributed by atoms with Crippen molar-refractivity contribution >= 4 is 25.6 Å². The average Bonchev–Trinajstić information content (AvgIpc) is 2.83. The van der Waals surface area contributed by atoms with E-state index in [0.29, 0.717) is 5.69 Å². The Balaban J connectivity index is 2.47. The summed E-state index contributed by atoms with van der Waals surface area (Å²) in [6, 6.07) is 1.47. The lowest BCUT2D eigenvalue weighted by molar-refractivity contribution is 0.0813. The predicted molar refractivity (Wildman–Crippen MR) is 76.6 cm³/mol. The van der Waals surface area contributed by atoms with E-state index in [4.69, 9.17) is 10.7 Å². The van der Waals surface area contributed by atoms with Gasteiger partial charge in [-0.3, -0.25) is 4.79 Å². The number of carbonyl (C=O) groups is 1. The van der Waals surface area contributed by atoms with E-state index < -0.39 is 9.05 Å². The molecule has 0 spiro atoms. The van der Waals surface area contributed by atoms with Crippen LogP contribution in [0.5, 0.6) is 0 Å². The van der Waals surface area contributed by atoms with Gasteiger partial charge in [0.05, 0.1) is 0 Å². The molecule has 0 bridgehead atoms. The van der Waals surface area contributed by atoms with Gasteiger partial charge < -0.3 is 14.8 Å². The second-order valence-electron chi connectivity index (χ2n) is 5.09. The van der Waals surface area contributed by atoms with Gasteiger partial charge in [0.15, 0.2) is 0 Å². The number of nitrogens with one attached hydrogen (secondary N) is 1. The number of halogens is 1. The average molecular weight is 320 g/mol. The molecule has 1 aliphatic heterocycles. The third-order valence-corrected chi connectivity index (χ3v) is 4.75. The quantitative estimate of drug-likeness (QED) is 0.845. The molecule has 1 aromatic rings. The number of piperidine rings is 1. The zero-order valence-corrected chi connectivity index (χ0v) is 13.0. The number of aromatic nitrogens is 1. The molecule has 1 N–H and O–H groups in total. The number of carbonyl (C=O) groups excluding carboxylic acids is 1. The summed E-state index contributed by atoms with van der Waals surface area (Å²) >= 11 is 0. The molecule has 1 fully saturated rings. The van der Waals surface area contributed by atoms with Crippen LogP contribution in [0, 0.1) is 0 Å². The van der Waals surface area contributed by atoms with Crippen molar-refractivity contribution in [3.8, 4) is 0 Å². The van der Waals surface area contributed by atoms with Crippen LogP contribution in [-0.4, -0.2) is 51.0 Å². The van der Waals surface area contributed by atoms with Crippen LogP contribution in [0.3, 0.4) is 0 Å². The lowest BCUT2D eigenvalue weighted by atomic mass is 10.1. The molecule has 20 heavy (non-hydrogen) atoms. The van der Waals surface area contributed by atoms with Crippen LogP contribution in [0.4, 0.5) is 0 Å². The van der Waals surface area contributed by atoms with Crippen molar-refractivity contribution in [2.75, 3.05) is 27.2 Å². The molecule has 1 aliphatic rings. The predicted octanol–water partition coefficient (Wildman–Crippen LogP) is 1.04. The van der Waals surface area contributed by atoms with Crippen LogP contribution in [0.15, 0.2) is 17.2 Å². The second-order valence-corrected chi connectivity index (χ2v) is 7.65. The summed E-state index contributed by atoms with van der Waals surface area (Å²) in [6.45, 7) is 1.70. The van der Waals surface area contributed by atoms with Crippen LogP contribution in [-0.2, 0) is 9.05 Å². The molecule has 2 heterocycles. The van der Waals surface area contributed by atoms with E-state index in [2.05, 4.69) is 5.32 Å². The molecular weight excluding hydrogens is 302 g/mol. The molecule has 1 saturated heterocycles. The molecule has 112 valence electrons. The zero-order chi connectivity index (χ0) is 14.9. The molecule has 0 aliphatic carbocycles. The van der Waals surface area contributed by atoms with Gasteiger partial charge in [0.25, 0.3) is 15.0 Å². The van der Waals surface area contributed by atoms with Gasteiger partial charge in [-0.1, -0.05) is 0 Å². The third kappa shape index (κ3) is 3.16. The second kappa shape index (κ2) is 5.75. The third-order valence-electron chi connectivity index (χ3n) is 3.43. The highest BCUT2D eigenvalue weighted by atomic mass is 35.7. The summed E-state index contributed by atoms with van der Waals surface area (Å²) < 4.78 is 24.7. The van der Waals surface area contributed by atoms with Crippen molar-refractivity contribution in [2.24, 2.45) is 0 Å². The maximum atomic E-state index is 12.2. The van der Waals surface area contributed by atoms with E-state index in [1.807, 2.05) is 0 Å². The highest BCUT2D eigenvalue weighted by Gasteiger charge is 2.25. The first-order chi connectivity index (χ1) is 9.30. The van der Waals surface area contributed by atoms with Gasteiger partial charge in [0.2, 0.25) is 0 Å². The van der Waals surface area contributed by atoms with E-state index in [-0.39, 0.29) is 16.8 Å². The molecule has 1 aromatic heterocycles. The van der Waals surface area contributed by atoms with Gasteiger partial charge in [-0.15, -0.1) is 0 Å². The van der Waals surface area contributed by atoms with Gasteiger partial charge in [-0.25, -0.2) is 8.42 Å². The minimum Gasteiger partial charge on any atom is -0.343 e. The normalized spacial score (nSPS) is 17.1. The summed E-state index contributed by atoms with van der Waals surface area (Å²) in [6.07, 6.45) is 3.17. The standard InChI is InChI=1S/C12H18ClN3O3S/c1-15(2)12(17)11-7-10(20(13,18)19)8-16(11)9-3-5-14-6-4-9/h7-9,14H,3-6H2,1-2H3. The van der Waals surface area contributed by atoms with Gasteiger partial charge >= 0.3 is 0 Å². The molecule has 2 rings (SSSR count). The molecule has 0 saturated carbocycles. The fourth-order valence-corrected chi connectivity index (χ4v) is 3.12. The molecule has 6 nitrogen and oxygen atoms in total. The van der Waals surface area contributed by atoms with Crippen LogP contribution in [0.1, 0.15) is 29.4 Å². The number of amides is 1. The van der Waals surface area contributed by atoms with E-state index in [0.717, 1.165) is 25.9 Å². The van der Waals surface area contributed by atoms with E-state index >= 15 is 0 Å². The van der Waals surface area contributed by atoms with Crippen molar-refractivity contribution < 1.29 is 13.2 Å². The highest BCUT2D eigenvalue weighted by Crippen LogP contribution is 2.27. The first-order valence-corrected chi connectivity index (χ1v) is 8.70. The van der Waals surface area contributed by atoms with Crippen molar-refractivity contribution in [1.82, 2.24) is 14.8 Å². The van der Waals surface area contributed by atoms with Crippen LogP contribution in [0.2, 0.25) is 0 Å². The van der Waals surface area contributed by atoms with Crippen molar-refractivity contribution in [3.63, 3.8) is 0 Å². The SMILES string of the molecule is CN(C)C(=O)c1cc(S(=O)(=O)Cl)cn1C1CCNCC1. The smallest absolute Gasteiger partial charge is 0.270 e. The van der Waals surface area contributed by atoms with Gasteiger partial charge in [0, 0.05) is 37.0 Å². The van der Waals surface area contributed by atoms with Gasteiger partial charge in [-0.05, 0) is 32.0 Å². The lowest BCUT2D eigenvalue weighted by Gasteiger charge is -2.26.